The number of nitrogens with one attached hydrogen (secondary N) is 2. The predicted octanol–water partition coefficient (Wildman–Crippen LogP) is 5.56. The monoisotopic (exact) mass is 716 g/mol. The number of anilines is 1. The van der Waals surface area contributed by atoms with E-state index in [2.05, 4.69) is 53.6 Å². The lowest BCUT2D eigenvalue weighted by Crippen LogP contribution is -2.41. The Hall–Kier alpha value is -3.96. The van der Waals surface area contributed by atoms with E-state index in [0.717, 1.165) is 8.25 Å². The molecule has 43 heavy (non-hydrogen) atoms. The van der Waals surface area contributed by atoms with Crippen LogP contribution in [0.5, 0.6) is 0 Å². The van der Waals surface area contributed by atoms with Crippen LogP contribution >= 0.6 is 22.6 Å². The Morgan fingerprint density at radius 1 is 1.00 bits per heavy atom. The van der Waals surface area contributed by atoms with Crippen molar-refractivity contribution in [2.24, 2.45) is 0 Å². The van der Waals surface area contributed by atoms with Crippen LogP contribution in [0.3, 0.4) is 0 Å². The van der Waals surface area contributed by atoms with E-state index in [9.17, 15) is 31.5 Å². The number of benzene rings is 1. The van der Waals surface area contributed by atoms with Crippen molar-refractivity contribution in [3.63, 3.8) is 0 Å². The summed E-state index contributed by atoms with van der Waals surface area (Å²) in [5.74, 6) is -6.02. The van der Waals surface area contributed by atoms with E-state index in [0.29, 0.717) is 17.3 Å². The van der Waals surface area contributed by atoms with Crippen LogP contribution in [-0.2, 0) is 12.5 Å². The summed E-state index contributed by atoms with van der Waals surface area (Å²) in [6.45, 7) is 8.54. The average Bonchev–Trinajstić information content (AvgIpc) is 3.52. The topological polar surface area (TPSA) is 120 Å². The molecule has 0 radical (unpaired) electrons. The van der Waals surface area contributed by atoms with Gasteiger partial charge in [-0.2, -0.15) is 27.1 Å². The minimum absolute atomic E-state index is 0.0436. The first-order valence-electron chi connectivity index (χ1n) is 12.7. The first-order chi connectivity index (χ1) is 19.9. The SMILES string of the molecule is Cc1cccnc1-n1nc(Cn2cc(C(F)(F)C(F)(F)F)nn2)cc1C(=O)Nc1c(C)cc(I)cc1C(=O)NC(C)(C)C. The van der Waals surface area contributed by atoms with Crippen molar-refractivity contribution in [3.8, 4) is 5.82 Å². The zero-order valence-electron chi connectivity index (χ0n) is 23.5. The summed E-state index contributed by atoms with van der Waals surface area (Å²) in [4.78, 5) is 31.2. The first-order valence-corrected chi connectivity index (χ1v) is 13.8. The quantitative estimate of drug-likeness (QED) is 0.191. The van der Waals surface area contributed by atoms with Crippen molar-refractivity contribution in [1.82, 2.24) is 35.1 Å². The molecule has 4 aromatic rings. The largest absolute Gasteiger partial charge is 0.459 e. The van der Waals surface area contributed by atoms with Gasteiger partial charge >= 0.3 is 12.1 Å². The highest BCUT2D eigenvalue weighted by atomic mass is 127. The highest BCUT2D eigenvalue weighted by molar-refractivity contribution is 14.1. The van der Waals surface area contributed by atoms with Crippen molar-refractivity contribution >= 4 is 40.1 Å². The zero-order valence-corrected chi connectivity index (χ0v) is 25.7. The van der Waals surface area contributed by atoms with Gasteiger partial charge in [-0.1, -0.05) is 11.3 Å². The fourth-order valence-electron chi connectivity index (χ4n) is 4.03. The van der Waals surface area contributed by atoms with Crippen molar-refractivity contribution in [2.75, 3.05) is 5.32 Å². The second-order valence-electron chi connectivity index (χ2n) is 10.8. The number of alkyl halides is 5. The number of aryl methyl sites for hydroxylation is 2. The molecule has 2 N–H and O–H groups in total. The molecule has 0 fully saturated rings. The number of amides is 2. The van der Waals surface area contributed by atoms with Gasteiger partial charge in [-0.05, 0) is 92.6 Å². The standard InChI is InChI=1S/C27H26F5IN8O2/c1-14-7-6-8-34-22(14)41-19(11-17(38-41)12-40-13-20(37-39-40)26(28,29)27(30,31)32)24(43)35-21-15(2)9-16(33)10-18(21)23(42)36-25(3,4)5/h6-11,13H,12H2,1-5H3,(H,35,43)(H,36,42). The van der Waals surface area contributed by atoms with Gasteiger partial charge in [0.25, 0.3) is 11.8 Å². The van der Waals surface area contributed by atoms with Crippen LogP contribution in [0.4, 0.5) is 27.6 Å². The Balaban J connectivity index is 1.74. The Labute approximate surface area is 256 Å². The molecule has 0 aliphatic rings. The molecule has 228 valence electrons. The summed E-state index contributed by atoms with van der Waals surface area (Å²) in [5, 5.41) is 16.4. The van der Waals surface area contributed by atoms with Gasteiger partial charge in [0, 0.05) is 15.3 Å². The smallest absolute Gasteiger partial charge is 0.347 e. The molecule has 1 aromatic carbocycles. The lowest BCUT2D eigenvalue weighted by molar-refractivity contribution is -0.291. The van der Waals surface area contributed by atoms with Gasteiger partial charge < -0.3 is 10.6 Å². The summed E-state index contributed by atoms with van der Waals surface area (Å²) in [6, 6.07) is 8.15. The maximum Gasteiger partial charge on any atom is 0.459 e. The molecule has 0 bridgehead atoms. The minimum Gasteiger partial charge on any atom is -0.347 e. The van der Waals surface area contributed by atoms with E-state index < -0.39 is 35.1 Å². The molecule has 16 heteroatoms. The Kier molecular flexibility index (Phi) is 8.63. The number of carbonyl (C=O) groups excluding carboxylic acids is 2. The van der Waals surface area contributed by atoms with Crippen molar-refractivity contribution in [1.29, 1.82) is 0 Å². The Bertz CT molecular complexity index is 1690. The van der Waals surface area contributed by atoms with Gasteiger partial charge in [0.2, 0.25) is 0 Å². The number of hydrogen-bond donors (Lipinski definition) is 2. The van der Waals surface area contributed by atoms with Gasteiger partial charge in [-0.3, -0.25) is 9.59 Å². The number of carbonyl (C=O) groups is 2. The fourth-order valence-corrected chi connectivity index (χ4v) is 4.81. The third-order valence-electron chi connectivity index (χ3n) is 5.99. The maximum atomic E-state index is 13.7. The summed E-state index contributed by atoms with van der Waals surface area (Å²) < 4.78 is 68.6. The third kappa shape index (κ3) is 7.00. The lowest BCUT2D eigenvalue weighted by atomic mass is 10.0. The second kappa shape index (κ2) is 11.6. The number of aromatic nitrogens is 6. The molecule has 0 atom stereocenters. The van der Waals surface area contributed by atoms with Crippen LogP contribution in [0.25, 0.3) is 5.82 Å². The molecule has 10 nitrogen and oxygen atoms in total. The molecular weight excluding hydrogens is 690 g/mol. The Morgan fingerprint density at radius 3 is 2.33 bits per heavy atom. The van der Waals surface area contributed by atoms with Crippen molar-refractivity contribution in [3.05, 3.63) is 80.1 Å². The second-order valence-corrected chi connectivity index (χ2v) is 12.0. The molecule has 3 aromatic heterocycles. The van der Waals surface area contributed by atoms with Crippen molar-refractivity contribution < 1.29 is 31.5 Å². The first kappa shape index (κ1) is 32.0. The van der Waals surface area contributed by atoms with Gasteiger partial charge in [-0.15, -0.1) is 5.10 Å². The minimum atomic E-state index is -5.85. The van der Waals surface area contributed by atoms with Crippen LogP contribution < -0.4 is 10.6 Å². The van der Waals surface area contributed by atoms with E-state index in [1.807, 2.05) is 20.8 Å². The normalized spacial score (nSPS) is 12.3. The van der Waals surface area contributed by atoms with Gasteiger partial charge in [0.1, 0.15) is 5.69 Å². The van der Waals surface area contributed by atoms with Gasteiger partial charge in [-0.25, -0.2) is 14.3 Å². The van der Waals surface area contributed by atoms with Gasteiger partial charge in [0.05, 0.1) is 29.7 Å². The highest BCUT2D eigenvalue weighted by Gasteiger charge is 2.60. The summed E-state index contributed by atoms with van der Waals surface area (Å²) >= 11 is 2.07. The molecule has 0 spiro atoms. The predicted molar refractivity (Wildman–Crippen MR) is 154 cm³/mol. The van der Waals surface area contributed by atoms with Gasteiger partial charge in [0.15, 0.2) is 11.5 Å². The zero-order chi connectivity index (χ0) is 31.9. The summed E-state index contributed by atoms with van der Waals surface area (Å²) in [6.07, 6.45) is -3.91. The lowest BCUT2D eigenvalue weighted by Gasteiger charge is -2.22. The molecule has 0 saturated heterocycles. The molecule has 0 unspecified atom stereocenters. The number of hydrogen-bond acceptors (Lipinski definition) is 6. The fraction of sp³-hybridized carbons (Fsp3) is 0.333. The number of pyridine rings is 1. The molecule has 3 heterocycles. The summed E-state index contributed by atoms with van der Waals surface area (Å²) in [5.41, 5.74) is -0.348. The molecule has 0 aliphatic carbocycles. The van der Waals surface area contributed by atoms with Crippen LogP contribution in [0.2, 0.25) is 0 Å². The van der Waals surface area contributed by atoms with Crippen LogP contribution in [-0.4, -0.2) is 53.3 Å². The van der Waals surface area contributed by atoms with Crippen LogP contribution in [0.15, 0.2) is 42.7 Å². The van der Waals surface area contributed by atoms with E-state index in [-0.39, 0.29) is 35.0 Å². The maximum absolute atomic E-state index is 13.7. The molecule has 0 aliphatic heterocycles. The molecule has 2 amide bonds. The summed E-state index contributed by atoms with van der Waals surface area (Å²) in [7, 11) is 0. The molecular formula is C27H26F5IN8O2. The van der Waals surface area contributed by atoms with E-state index in [4.69, 9.17) is 0 Å². The van der Waals surface area contributed by atoms with E-state index in [1.54, 1.807) is 38.1 Å². The number of rotatable bonds is 7. The van der Waals surface area contributed by atoms with E-state index in [1.165, 1.54) is 16.9 Å². The Morgan fingerprint density at radius 2 is 1.70 bits per heavy atom. The third-order valence-corrected chi connectivity index (χ3v) is 6.61. The molecule has 0 saturated carbocycles. The van der Waals surface area contributed by atoms with E-state index >= 15 is 0 Å². The van der Waals surface area contributed by atoms with Crippen LogP contribution in [0.1, 0.15) is 64.1 Å². The van der Waals surface area contributed by atoms with Crippen LogP contribution in [0, 0.1) is 17.4 Å². The number of nitrogens with zero attached hydrogens (tertiary/aromatic N) is 6. The van der Waals surface area contributed by atoms with Crippen molar-refractivity contribution in [2.45, 2.75) is 58.8 Å². The molecule has 4 rings (SSSR count). The average molecular weight is 716 g/mol. The number of halogens is 6. The highest BCUT2D eigenvalue weighted by Crippen LogP contribution is 2.42.